The second-order valence-corrected chi connectivity index (χ2v) is 5.17. The van der Waals surface area contributed by atoms with Gasteiger partial charge >= 0.3 is 0 Å². The Hall–Kier alpha value is -2.14. The van der Waals surface area contributed by atoms with Crippen molar-refractivity contribution in [2.24, 2.45) is 0 Å². The molecule has 0 spiro atoms. The van der Waals surface area contributed by atoms with Crippen LogP contribution in [0.1, 0.15) is 5.56 Å². The molecule has 0 fully saturated rings. The van der Waals surface area contributed by atoms with E-state index in [2.05, 4.69) is 27.4 Å². The highest BCUT2D eigenvalue weighted by atomic mass is 32.1. The number of nitrogens with two attached hydrogens (primary N) is 1. The predicted molar refractivity (Wildman–Crippen MR) is 80.5 cm³/mol. The van der Waals surface area contributed by atoms with Crippen molar-refractivity contribution in [3.05, 3.63) is 47.6 Å². The molecule has 0 bridgehead atoms. The summed E-state index contributed by atoms with van der Waals surface area (Å²) in [6.07, 6.45) is 2.54. The van der Waals surface area contributed by atoms with E-state index in [9.17, 15) is 0 Å². The molecule has 4 nitrogen and oxygen atoms in total. The molecular formula is C14H14N4S. The van der Waals surface area contributed by atoms with Crippen molar-refractivity contribution >= 4 is 33.1 Å². The van der Waals surface area contributed by atoms with E-state index in [0.717, 1.165) is 34.7 Å². The van der Waals surface area contributed by atoms with Gasteiger partial charge in [0.05, 0.1) is 5.39 Å². The van der Waals surface area contributed by atoms with Gasteiger partial charge in [-0.1, -0.05) is 12.1 Å². The number of hydrogen-bond donors (Lipinski definition) is 2. The third-order valence-corrected chi connectivity index (χ3v) is 3.77. The van der Waals surface area contributed by atoms with E-state index in [4.69, 9.17) is 5.73 Å². The van der Waals surface area contributed by atoms with Crippen LogP contribution in [0.2, 0.25) is 0 Å². The maximum absolute atomic E-state index is 5.67. The van der Waals surface area contributed by atoms with Gasteiger partial charge in [0.2, 0.25) is 0 Å². The Kier molecular flexibility index (Phi) is 3.29. The molecule has 0 radical (unpaired) electrons. The van der Waals surface area contributed by atoms with Crippen molar-refractivity contribution in [3.63, 3.8) is 0 Å². The number of nitrogens with one attached hydrogen (secondary N) is 1. The van der Waals surface area contributed by atoms with Crippen molar-refractivity contribution in [1.82, 2.24) is 9.97 Å². The molecule has 0 saturated carbocycles. The topological polar surface area (TPSA) is 63.8 Å². The Morgan fingerprint density at radius 1 is 1.11 bits per heavy atom. The molecule has 19 heavy (non-hydrogen) atoms. The van der Waals surface area contributed by atoms with Gasteiger partial charge in [-0.3, -0.25) is 0 Å². The van der Waals surface area contributed by atoms with Crippen LogP contribution in [-0.4, -0.2) is 16.5 Å². The number of nitrogens with zero attached hydrogens (tertiary/aromatic N) is 2. The molecule has 0 amide bonds. The summed E-state index contributed by atoms with van der Waals surface area (Å²) in [4.78, 5) is 9.54. The van der Waals surface area contributed by atoms with E-state index in [1.165, 1.54) is 5.56 Å². The molecule has 96 valence electrons. The largest absolute Gasteiger partial charge is 0.399 e. The molecule has 0 unspecified atom stereocenters. The summed E-state index contributed by atoms with van der Waals surface area (Å²) in [7, 11) is 0. The first-order chi connectivity index (χ1) is 9.33. The van der Waals surface area contributed by atoms with Gasteiger partial charge < -0.3 is 11.1 Å². The summed E-state index contributed by atoms with van der Waals surface area (Å²) in [5.41, 5.74) is 7.73. The number of benzene rings is 1. The lowest BCUT2D eigenvalue weighted by atomic mass is 10.1. The Bertz CT molecular complexity index is 675. The van der Waals surface area contributed by atoms with Crippen LogP contribution in [0.5, 0.6) is 0 Å². The number of rotatable bonds is 4. The van der Waals surface area contributed by atoms with Gasteiger partial charge in [0, 0.05) is 12.2 Å². The Balaban J connectivity index is 1.66. The minimum absolute atomic E-state index is 0.799. The molecule has 5 heteroatoms. The van der Waals surface area contributed by atoms with Crippen LogP contribution in [0.15, 0.2) is 42.0 Å². The summed E-state index contributed by atoms with van der Waals surface area (Å²) in [6.45, 7) is 0.839. The van der Waals surface area contributed by atoms with Crippen LogP contribution < -0.4 is 11.1 Å². The highest BCUT2D eigenvalue weighted by Crippen LogP contribution is 2.23. The van der Waals surface area contributed by atoms with Gasteiger partial charge in [-0.2, -0.15) is 0 Å². The zero-order chi connectivity index (χ0) is 13.1. The summed E-state index contributed by atoms with van der Waals surface area (Å²) >= 11 is 1.63. The molecule has 0 aliphatic heterocycles. The quantitative estimate of drug-likeness (QED) is 0.715. The predicted octanol–water partition coefficient (Wildman–Crippen LogP) is 2.93. The Morgan fingerprint density at radius 3 is 2.79 bits per heavy atom. The Labute approximate surface area is 115 Å². The molecule has 3 aromatic rings. The molecule has 0 atom stereocenters. The summed E-state index contributed by atoms with van der Waals surface area (Å²) in [5.74, 6) is 0.904. The normalized spacial score (nSPS) is 10.7. The first-order valence-corrected chi connectivity index (χ1v) is 6.97. The van der Waals surface area contributed by atoms with Crippen molar-refractivity contribution in [2.45, 2.75) is 6.42 Å². The number of fused-ring (bicyclic) bond motifs is 1. The van der Waals surface area contributed by atoms with E-state index in [1.54, 1.807) is 17.7 Å². The molecule has 3 rings (SSSR count). The molecule has 0 aliphatic rings. The average Bonchev–Trinajstić information content (AvgIpc) is 2.90. The lowest BCUT2D eigenvalue weighted by molar-refractivity contribution is 1.01. The minimum Gasteiger partial charge on any atom is -0.399 e. The fraction of sp³-hybridized carbons (Fsp3) is 0.143. The zero-order valence-electron chi connectivity index (χ0n) is 10.3. The van der Waals surface area contributed by atoms with Gasteiger partial charge in [0.1, 0.15) is 17.0 Å². The van der Waals surface area contributed by atoms with Gasteiger partial charge in [0.15, 0.2) is 0 Å². The van der Waals surface area contributed by atoms with Crippen LogP contribution in [0, 0.1) is 0 Å². The van der Waals surface area contributed by atoms with Gasteiger partial charge in [-0.15, -0.1) is 11.3 Å². The fourth-order valence-electron chi connectivity index (χ4n) is 1.94. The van der Waals surface area contributed by atoms with Crippen LogP contribution in [-0.2, 0) is 6.42 Å². The second-order valence-electron chi connectivity index (χ2n) is 4.28. The summed E-state index contributed by atoms with van der Waals surface area (Å²) in [5, 5.41) is 6.48. The summed E-state index contributed by atoms with van der Waals surface area (Å²) < 4.78 is 0. The standard InChI is InChI=1S/C14H14N4S/c15-11-3-1-10(2-4-11)5-7-16-13-12-6-8-19-14(12)18-9-17-13/h1-4,6,8-9H,5,7,15H2,(H,16,17,18). The number of hydrogen-bond acceptors (Lipinski definition) is 5. The third-order valence-electron chi connectivity index (χ3n) is 2.95. The third kappa shape index (κ3) is 2.66. The van der Waals surface area contributed by atoms with E-state index >= 15 is 0 Å². The van der Waals surface area contributed by atoms with E-state index < -0.39 is 0 Å². The first kappa shape index (κ1) is 11.9. The van der Waals surface area contributed by atoms with E-state index in [-0.39, 0.29) is 0 Å². The van der Waals surface area contributed by atoms with Crippen molar-refractivity contribution in [2.75, 3.05) is 17.6 Å². The lowest BCUT2D eigenvalue weighted by Crippen LogP contribution is -2.06. The maximum Gasteiger partial charge on any atom is 0.138 e. The van der Waals surface area contributed by atoms with Crippen molar-refractivity contribution in [3.8, 4) is 0 Å². The van der Waals surface area contributed by atoms with Crippen LogP contribution in [0.25, 0.3) is 10.2 Å². The number of anilines is 2. The molecule has 2 aromatic heterocycles. The van der Waals surface area contributed by atoms with Gasteiger partial charge in [-0.25, -0.2) is 9.97 Å². The summed E-state index contributed by atoms with van der Waals surface area (Å²) in [6, 6.07) is 10.0. The van der Waals surface area contributed by atoms with Gasteiger partial charge in [0.25, 0.3) is 0 Å². The minimum atomic E-state index is 0.799. The lowest BCUT2D eigenvalue weighted by Gasteiger charge is -2.06. The zero-order valence-corrected chi connectivity index (χ0v) is 11.2. The van der Waals surface area contributed by atoms with Crippen LogP contribution >= 0.6 is 11.3 Å². The molecule has 0 aliphatic carbocycles. The van der Waals surface area contributed by atoms with E-state index in [1.807, 2.05) is 23.6 Å². The van der Waals surface area contributed by atoms with Gasteiger partial charge in [-0.05, 0) is 35.6 Å². The highest BCUT2D eigenvalue weighted by Gasteiger charge is 2.03. The second kappa shape index (κ2) is 5.24. The van der Waals surface area contributed by atoms with Crippen molar-refractivity contribution in [1.29, 1.82) is 0 Å². The average molecular weight is 270 g/mol. The fourth-order valence-corrected chi connectivity index (χ4v) is 2.67. The highest BCUT2D eigenvalue weighted by molar-refractivity contribution is 7.16. The molecule has 2 heterocycles. The number of nitrogen functional groups attached to an aromatic ring is 1. The smallest absolute Gasteiger partial charge is 0.138 e. The van der Waals surface area contributed by atoms with Crippen LogP contribution in [0.3, 0.4) is 0 Å². The molecule has 1 aromatic carbocycles. The molecular weight excluding hydrogens is 256 g/mol. The first-order valence-electron chi connectivity index (χ1n) is 6.09. The SMILES string of the molecule is Nc1ccc(CCNc2ncnc3sccc23)cc1. The number of aromatic nitrogens is 2. The van der Waals surface area contributed by atoms with Crippen molar-refractivity contribution < 1.29 is 0 Å². The van der Waals surface area contributed by atoms with Crippen LogP contribution in [0.4, 0.5) is 11.5 Å². The number of thiophene rings is 1. The maximum atomic E-state index is 5.67. The molecule has 3 N–H and O–H groups in total. The van der Waals surface area contributed by atoms with E-state index in [0.29, 0.717) is 0 Å². The monoisotopic (exact) mass is 270 g/mol. The molecule has 0 saturated heterocycles. The Morgan fingerprint density at radius 2 is 1.95 bits per heavy atom.